The summed E-state index contributed by atoms with van der Waals surface area (Å²) in [4.78, 5) is 8.77. The number of rotatable bonds is 2. The molecule has 0 fully saturated rings. The van der Waals surface area contributed by atoms with E-state index in [-0.39, 0.29) is 23.2 Å². The summed E-state index contributed by atoms with van der Waals surface area (Å²) in [6.07, 6.45) is 4.30. The van der Waals surface area contributed by atoms with Crippen molar-refractivity contribution in [3.05, 3.63) is 41.7 Å². The van der Waals surface area contributed by atoms with Gasteiger partial charge in [0.1, 0.15) is 17.2 Å². The minimum atomic E-state index is -3.73. The Balaban J connectivity index is 2.11. The lowest BCUT2D eigenvalue weighted by molar-refractivity contribution is 0.488. The lowest BCUT2D eigenvalue weighted by Crippen LogP contribution is -2.52. The predicted octanol–water partition coefficient (Wildman–Crippen LogP) is 1.57. The van der Waals surface area contributed by atoms with E-state index in [0.717, 1.165) is 6.42 Å². The van der Waals surface area contributed by atoms with Crippen molar-refractivity contribution in [2.75, 3.05) is 11.5 Å². The second-order valence-corrected chi connectivity index (χ2v) is 8.86. The molecule has 0 saturated heterocycles. The number of aliphatic imine (C=N–C) groups is 2. The lowest BCUT2D eigenvalue weighted by Gasteiger charge is -2.34. The molecule has 1 aromatic rings. The number of sulfone groups is 1. The van der Waals surface area contributed by atoms with Crippen molar-refractivity contribution >= 4 is 27.1 Å². The molecule has 6 nitrogen and oxygen atoms in total. The van der Waals surface area contributed by atoms with Crippen LogP contribution in [0.1, 0.15) is 25.8 Å². The van der Waals surface area contributed by atoms with E-state index in [2.05, 4.69) is 9.98 Å². The molecule has 2 aliphatic heterocycles. The van der Waals surface area contributed by atoms with Gasteiger partial charge >= 0.3 is 0 Å². The van der Waals surface area contributed by atoms with E-state index in [1.807, 2.05) is 13.0 Å². The number of amidine groups is 1. The normalized spacial score (nSPS) is 31.3. The Morgan fingerprint density at radius 2 is 2.04 bits per heavy atom. The van der Waals surface area contributed by atoms with E-state index in [0.29, 0.717) is 11.4 Å². The van der Waals surface area contributed by atoms with Crippen LogP contribution in [-0.4, -0.2) is 37.0 Å². The zero-order valence-corrected chi connectivity index (χ0v) is 14.9. The van der Waals surface area contributed by atoms with Crippen LogP contribution in [0.15, 0.2) is 40.3 Å². The van der Waals surface area contributed by atoms with Gasteiger partial charge in [-0.1, -0.05) is 6.08 Å². The van der Waals surface area contributed by atoms with E-state index in [1.54, 1.807) is 13.0 Å². The minimum Gasteiger partial charge on any atom is -0.399 e. The Labute approximate surface area is 146 Å². The summed E-state index contributed by atoms with van der Waals surface area (Å²) < 4.78 is 40.2. The van der Waals surface area contributed by atoms with Crippen LogP contribution in [0.3, 0.4) is 0 Å². The van der Waals surface area contributed by atoms with Crippen molar-refractivity contribution in [2.45, 2.75) is 37.1 Å². The van der Waals surface area contributed by atoms with Gasteiger partial charge in [0.15, 0.2) is 15.1 Å². The SMILES string of the molecule is CC1CC=CC(C2C(N)=NC(C)(c3cc(N)ccc3F)CS2(=O)=O)=N1. The average Bonchev–Trinajstić information content (AvgIpc) is 2.47. The molecule has 3 atom stereocenters. The topological polar surface area (TPSA) is 111 Å². The summed E-state index contributed by atoms with van der Waals surface area (Å²) in [5.74, 6) is -1.01. The number of nitrogens with zero attached hydrogens (tertiary/aromatic N) is 2. The third kappa shape index (κ3) is 3.18. The molecule has 2 aliphatic rings. The Bertz CT molecular complexity index is 907. The van der Waals surface area contributed by atoms with E-state index >= 15 is 0 Å². The Morgan fingerprint density at radius 3 is 2.68 bits per heavy atom. The number of benzene rings is 1. The van der Waals surface area contributed by atoms with Crippen LogP contribution >= 0.6 is 0 Å². The molecule has 8 heteroatoms. The molecule has 0 amide bonds. The number of hydrogen-bond acceptors (Lipinski definition) is 6. The largest absolute Gasteiger partial charge is 0.399 e. The molecular formula is C17H21FN4O2S. The fourth-order valence-electron chi connectivity index (χ4n) is 3.36. The number of nitrogens with two attached hydrogens (primary N) is 2. The Kier molecular flexibility index (Phi) is 4.18. The summed E-state index contributed by atoms with van der Waals surface area (Å²) in [5, 5.41) is -1.09. The Hall–Kier alpha value is -2.22. The van der Waals surface area contributed by atoms with Gasteiger partial charge < -0.3 is 11.5 Å². The summed E-state index contributed by atoms with van der Waals surface area (Å²) in [5.41, 5.74) is 11.3. The van der Waals surface area contributed by atoms with Crippen molar-refractivity contribution in [3.8, 4) is 0 Å². The molecule has 3 unspecified atom stereocenters. The maximum atomic E-state index is 14.3. The van der Waals surface area contributed by atoms with Crippen LogP contribution < -0.4 is 11.5 Å². The van der Waals surface area contributed by atoms with Gasteiger partial charge in [-0.25, -0.2) is 12.8 Å². The molecule has 25 heavy (non-hydrogen) atoms. The molecular weight excluding hydrogens is 343 g/mol. The van der Waals surface area contributed by atoms with E-state index in [4.69, 9.17) is 11.5 Å². The monoisotopic (exact) mass is 364 g/mol. The summed E-state index contributed by atoms with van der Waals surface area (Å²) in [6.45, 7) is 3.45. The summed E-state index contributed by atoms with van der Waals surface area (Å²) >= 11 is 0. The first-order chi connectivity index (χ1) is 11.6. The average molecular weight is 364 g/mol. The molecule has 0 radical (unpaired) electrons. The summed E-state index contributed by atoms with van der Waals surface area (Å²) in [6, 6.07) is 4.01. The third-order valence-electron chi connectivity index (χ3n) is 4.46. The fraction of sp³-hybridized carbons (Fsp3) is 0.412. The van der Waals surface area contributed by atoms with Crippen molar-refractivity contribution in [1.82, 2.24) is 0 Å². The van der Waals surface area contributed by atoms with Crippen LogP contribution in [0.2, 0.25) is 0 Å². The standard InChI is InChI=1S/C17H21FN4O2S/c1-10-4-3-5-14(21-10)15-16(20)22-17(2,9-25(15,23)24)12-8-11(19)6-7-13(12)18/h3,5-8,10,15H,4,9,19H2,1-2H3,(H2,20,22). The minimum absolute atomic E-state index is 0.0114. The first-order valence-electron chi connectivity index (χ1n) is 7.99. The van der Waals surface area contributed by atoms with Crippen molar-refractivity contribution < 1.29 is 12.8 Å². The van der Waals surface area contributed by atoms with Gasteiger partial charge in [0.25, 0.3) is 0 Å². The molecule has 0 saturated carbocycles. The van der Waals surface area contributed by atoms with Crippen molar-refractivity contribution in [2.24, 2.45) is 15.7 Å². The highest BCUT2D eigenvalue weighted by Gasteiger charge is 2.46. The zero-order valence-electron chi connectivity index (χ0n) is 14.1. The molecule has 1 aromatic carbocycles. The van der Waals surface area contributed by atoms with Gasteiger partial charge in [-0.15, -0.1) is 0 Å². The third-order valence-corrected chi connectivity index (χ3v) is 6.63. The fourth-order valence-corrected chi connectivity index (χ4v) is 5.45. The molecule has 0 aromatic heterocycles. The number of anilines is 1. The molecule has 2 heterocycles. The van der Waals surface area contributed by atoms with Gasteiger partial charge in [-0.05, 0) is 44.5 Å². The number of halogens is 1. The van der Waals surface area contributed by atoms with Gasteiger partial charge in [-0.2, -0.15) is 0 Å². The van der Waals surface area contributed by atoms with Crippen LogP contribution in [-0.2, 0) is 15.4 Å². The number of nitrogen functional groups attached to an aromatic ring is 1. The smallest absolute Gasteiger partial charge is 0.168 e. The predicted molar refractivity (Wildman–Crippen MR) is 98.0 cm³/mol. The highest BCUT2D eigenvalue weighted by Crippen LogP contribution is 2.35. The highest BCUT2D eigenvalue weighted by atomic mass is 32.2. The molecule has 4 N–H and O–H groups in total. The van der Waals surface area contributed by atoms with Gasteiger partial charge in [0.2, 0.25) is 0 Å². The lowest BCUT2D eigenvalue weighted by atomic mass is 9.93. The van der Waals surface area contributed by atoms with Crippen LogP contribution in [0.5, 0.6) is 0 Å². The van der Waals surface area contributed by atoms with Crippen LogP contribution in [0, 0.1) is 5.82 Å². The van der Waals surface area contributed by atoms with E-state index in [9.17, 15) is 12.8 Å². The highest BCUT2D eigenvalue weighted by molar-refractivity contribution is 7.93. The Morgan fingerprint density at radius 1 is 1.32 bits per heavy atom. The number of dihydropyridines is 1. The zero-order chi connectivity index (χ0) is 18.4. The quantitative estimate of drug-likeness (QED) is 0.776. The number of hydrogen-bond donors (Lipinski definition) is 2. The van der Waals surface area contributed by atoms with Crippen LogP contribution in [0.4, 0.5) is 10.1 Å². The molecule has 3 rings (SSSR count). The maximum absolute atomic E-state index is 14.3. The molecule has 0 spiro atoms. The molecule has 0 bridgehead atoms. The second-order valence-electron chi connectivity index (χ2n) is 6.78. The van der Waals surface area contributed by atoms with Gasteiger partial charge in [-0.3, -0.25) is 9.98 Å². The summed E-state index contributed by atoms with van der Waals surface area (Å²) in [7, 11) is -3.73. The van der Waals surface area contributed by atoms with Gasteiger partial charge in [0.05, 0.1) is 17.5 Å². The maximum Gasteiger partial charge on any atom is 0.168 e. The molecule has 0 aliphatic carbocycles. The first kappa shape index (κ1) is 17.6. The first-order valence-corrected chi connectivity index (χ1v) is 9.70. The van der Waals surface area contributed by atoms with Crippen molar-refractivity contribution in [3.63, 3.8) is 0 Å². The van der Waals surface area contributed by atoms with Crippen LogP contribution in [0.25, 0.3) is 0 Å². The van der Waals surface area contributed by atoms with Crippen molar-refractivity contribution in [1.29, 1.82) is 0 Å². The molecule has 134 valence electrons. The van der Waals surface area contributed by atoms with Gasteiger partial charge in [0, 0.05) is 11.3 Å². The number of allylic oxidation sites excluding steroid dienone is 1. The van der Waals surface area contributed by atoms with E-state index in [1.165, 1.54) is 18.2 Å². The second kappa shape index (κ2) is 5.94. The van der Waals surface area contributed by atoms with E-state index < -0.39 is 26.4 Å².